The number of halogens is 1. The second-order valence-corrected chi connectivity index (χ2v) is 4.81. The van der Waals surface area contributed by atoms with E-state index in [2.05, 4.69) is 10.6 Å². The Balaban J connectivity index is 2.08. The lowest BCUT2D eigenvalue weighted by Gasteiger charge is -2.07. The molecule has 1 amide bonds. The zero-order valence-corrected chi connectivity index (χ0v) is 11.7. The summed E-state index contributed by atoms with van der Waals surface area (Å²) in [5, 5.41) is 15.1. The maximum atomic E-state index is 11.6. The number of aliphatic hydroxyl groups excluding tert-OH is 1. The highest BCUT2D eigenvalue weighted by atomic mass is 35.5. The minimum atomic E-state index is -0.0716. The van der Waals surface area contributed by atoms with Crippen LogP contribution < -0.4 is 10.6 Å². The lowest BCUT2D eigenvalue weighted by molar-refractivity contribution is -0.115. The molecular formula is C14H21ClN2O2. The molecule has 0 bridgehead atoms. The summed E-state index contributed by atoms with van der Waals surface area (Å²) in [5.74, 6) is -0.0716. The molecule has 0 saturated carbocycles. The minimum Gasteiger partial charge on any atom is -0.396 e. The summed E-state index contributed by atoms with van der Waals surface area (Å²) in [6.45, 7) is 1.37. The van der Waals surface area contributed by atoms with Gasteiger partial charge in [-0.1, -0.05) is 30.5 Å². The molecular weight excluding hydrogens is 264 g/mol. The van der Waals surface area contributed by atoms with Gasteiger partial charge < -0.3 is 15.7 Å². The Hall–Kier alpha value is -1.10. The molecule has 0 saturated heterocycles. The number of anilines is 1. The quantitative estimate of drug-likeness (QED) is 0.610. The third-order valence-corrected chi connectivity index (χ3v) is 2.89. The lowest BCUT2D eigenvalue weighted by atomic mass is 10.2. The van der Waals surface area contributed by atoms with Crippen LogP contribution >= 0.6 is 11.6 Å². The van der Waals surface area contributed by atoms with Crippen LogP contribution in [0.15, 0.2) is 24.3 Å². The van der Waals surface area contributed by atoms with Crippen LogP contribution in [0.3, 0.4) is 0 Å². The first kappa shape index (κ1) is 16.0. The van der Waals surface area contributed by atoms with E-state index in [-0.39, 0.29) is 12.5 Å². The van der Waals surface area contributed by atoms with Crippen LogP contribution in [-0.4, -0.2) is 30.7 Å². The van der Waals surface area contributed by atoms with Gasteiger partial charge in [-0.15, -0.1) is 0 Å². The Morgan fingerprint density at radius 1 is 1.21 bits per heavy atom. The van der Waals surface area contributed by atoms with Gasteiger partial charge in [-0.05, 0) is 37.6 Å². The fraction of sp³-hybridized carbons (Fsp3) is 0.500. The highest BCUT2D eigenvalue weighted by molar-refractivity contribution is 6.30. The van der Waals surface area contributed by atoms with Gasteiger partial charge in [-0.25, -0.2) is 0 Å². The average molecular weight is 285 g/mol. The van der Waals surface area contributed by atoms with E-state index in [4.69, 9.17) is 16.7 Å². The lowest BCUT2D eigenvalue weighted by Crippen LogP contribution is -2.28. The highest BCUT2D eigenvalue weighted by Crippen LogP contribution is 2.14. The average Bonchev–Trinajstić information content (AvgIpc) is 2.37. The standard InChI is InChI=1S/C14H21ClN2O2/c15-12-6-5-7-13(10-12)17-14(19)11-16-8-3-1-2-4-9-18/h5-7,10,16,18H,1-4,8-9,11H2,(H,17,19). The van der Waals surface area contributed by atoms with Gasteiger partial charge in [0.25, 0.3) is 0 Å². The number of nitrogens with one attached hydrogen (secondary N) is 2. The van der Waals surface area contributed by atoms with Crippen molar-refractivity contribution in [1.82, 2.24) is 5.32 Å². The summed E-state index contributed by atoms with van der Waals surface area (Å²) in [7, 11) is 0. The third kappa shape index (κ3) is 7.82. The summed E-state index contributed by atoms with van der Waals surface area (Å²) < 4.78 is 0. The predicted octanol–water partition coefficient (Wildman–Crippen LogP) is 2.42. The van der Waals surface area contributed by atoms with Gasteiger partial charge in [0.05, 0.1) is 6.54 Å². The predicted molar refractivity (Wildman–Crippen MR) is 78.5 cm³/mol. The highest BCUT2D eigenvalue weighted by Gasteiger charge is 2.01. The van der Waals surface area contributed by atoms with E-state index >= 15 is 0 Å². The van der Waals surface area contributed by atoms with Crippen molar-refractivity contribution >= 4 is 23.2 Å². The molecule has 1 aromatic rings. The molecule has 106 valence electrons. The Labute approximate surface area is 119 Å². The van der Waals surface area contributed by atoms with Crippen LogP contribution in [0.25, 0.3) is 0 Å². The zero-order chi connectivity index (χ0) is 13.9. The van der Waals surface area contributed by atoms with Crippen LogP contribution in [0.4, 0.5) is 5.69 Å². The van der Waals surface area contributed by atoms with Crippen LogP contribution in [0.5, 0.6) is 0 Å². The fourth-order valence-corrected chi connectivity index (χ4v) is 1.88. The molecule has 4 nitrogen and oxygen atoms in total. The van der Waals surface area contributed by atoms with Crippen molar-refractivity contribution in [2.24, 2.45) is 0 Å². The first-order chi connectivity index (χ1) is 9.22. The summed E-state index contributed by atoms with van der Waals surface area (Å²) in [4.78, 5) is 11.6. The normalized spacial score (nSPS) is 10.4. The van der Waals surface area contributed by atoms with Crippen molar-refractivity contribution in [2.75, 3.05) is 25.0 Å². The molecule has 0 unspecified atom stereocenters. The van der Waals surface area contributed by atoms with Crippen molar-refractivity contribution in [3.05, 3.63) is 29.3 Å². The minimum absolute atomic E-state index is 0.0716. The number of amides is 1. The zero-order valence-electron chi connectivity index (χ0n) is 11.0. The summed E-state index contributed by atoms with van der Waals surface area (Å²) in [6, 6.07) is 7.08. The molecule has 0 aliphatic rings. The maximum absolute atomic E-state index is 11.6. The van der Waals surface area contributed by atoms with Crippen molar-refractivity contribution in [3.8, 4) is 0 Å². The SMILES string of the molecule is O=C(CNCCCCCCO)Nc1cccc(Cl)c1. The van der Waals surface area contributed by atoms with Gasteiger partial charge in [0.1, 0.15) is 0 Å². The molecule has 1 rings (SSSR count). The first-order valence-corrected chi connectivity index (χ1v) is 6.97. The number of hydrogen-bond donors (Lipinski definition) is 3. The van der Waals surface area contributed by atoms with Crippen molar-refractivity contribution in [2.45, 2.75) is 25.7 Å². The van der Waals surface area contributed by atoms with E-state index < -0.39 is 0 Å². The number of carbonyl (C=O) groups excluding carboxylic acids is 1. The Morgan fingerprint density at radius 3 is 2.74 bits per heavy atom. The molecule has 19 heavy (non-hydrogen) atoms. The molecule has 0 atom stereocenters. The van der Waals surface area contributed by atoms with Crippen molar-refractivity contribution < 1.29 is 9.90 Å². The van der Waals surface area contributed by atoms with Gasteiger partial charge in [0, 0.05) is 17.3 Å². The van der Waals surface area contributed by atoms with Gasteiger partial charge in [-0.3, -0.25) is 4.79 Å². The number of rotatable bonds is 9. The molecule has 0 fully saturated rings. The second-order valence-electron chi connectivity index (χ2n) is 4.37. The maximum Gasteiger partial charge on any atom is 0.238 e. The van der Waals surface area contributed by atoms with Crippen LogP contribution in [-0.2, 0) is 4.79 Å². The van der Waals surface area contributed by atoms with E-state index in [9.17, 15) is 4.79 Å². The molecule has 0 spiro atoms. The van der Waals surface area contributed by atoms with Crippen LogP contribution in [0, 0.1) is 0 Å². The molecule has 5 heteroatoms. The summed E-state index contributed by atoms with van der Waals surface area (Å²) >= 11 is 5.83. The van der Waals surface area contributed by atoms with E-state index in [0.29, 0.717) is 17.3 Å². The van der Waals surface area contributed by atoms with E-state index in [1.807, 2.05) is 0 Å². The molecule has 0 radical (unpaired) electrons. The van der Waals surface area contributed by atoms with E-state index in [0.717, 1.165) is 32.2 Å². The first-order valence-electron chi connectivity index (χ1n) is 6.59. The molecule has 0 aliphatic heterocycles. The molecule has 3 N–H and O–H groups in total. The molecule has 0 aliphatic carbocycles. The van der Waals surface area contributed by atoms with E-state index in [1.165, 1.54) is 0 Å². The monoisotopic (exact) mass is 284 g/mol. The molecule has 0 heterocycles. The Kier molecular flexibility index (Phi) is 8.21. The molecule has 1 aromatic carbocycles. The Bertz CT molecular complexity index is 385. The van der Waals surface area contributed by atoms with Gasteiger partial charge >= 0.3 is 0 Å². The number of hydrogen-bond acceptors (Lipinski definition) is 3. The van der Waals surface area contributed by atoms with Crippen LogP contribution in [0.2, 0.25) is 5.02 Å². The van der Waals surface area contributed by atoms with Crippen molar-refractivity contribution in [1.29, 1.82) is 0 Å². The number of benzene rings is 1. The van der Waals surface area contributed by atoms with Gasteiger partial charge in [-0.2, -0.15) is 0 Å². The van der Waals surface area contributed by atoms with E-state index in [1.54, 1.807) is 24.3 Å². The molecule has 0 aromatic heterocycles. The number of aliphatic hydroxyl groups is 1. The fourth-order valence-electron chi connectivity index (χ4n) is 1.69. The topological polar surface area (TPSA) is 61.4 Å². The summed E-state index contributed by atoms with van der Waals surface area (Å²) in [6.07, 6.45) is 3.98. The third-order valence-electron chi connectivity index (χ3n) is 2.66. The largest absolute Gasteiger partial charge is 0.396 e. The Morgan fingerprint density at radius 2 is 2.00 bits per heavy atom. The second kappa shape index (κ2) is 9.78. The number of carbonyl (C=O) groups is 1. The van der Waals surface area contributed by atoms with Crippen molar-refractivity contribution in [3.63, 3.8) is 0 Å². The summed E-state index contributed by atoms with van der Waals surface area (Å²) in [5.41, 5.74) is 0.710. The van der Waals surface area contributed by atoms with Gasteiger partial charge in [0.15, 0.2) is 0 Å². The number of unbranched alkanes of at least 4 members (excludes halogenated alkanes) is 3. The smallest absolute Gasteiger partial charge is 0.238 e. The van der Waals surface area contributed by atoms with Gasteiger partial charge in [0.2, 0.25) is 5.91 Å². The van der Waals surface area contributed by atoms with Crippen LogP contribution in [0.1, 0.15) is 25.7 Å².